The zero-order valence-corrected chi connectivity index (χ0v) is 11.2. The fraction of sp³-hybridized carbons (Fsp3) is 0.235. The first-order chi connectivity index (χ1) is 9.79. The summed E-state index contributed by atoms with van der Waals surface area (Å²) in [5.41, 5.74) is 2.52. The third-order valence-electron chi connectivity index (χ3n) is 3.43. The van der Waals surface area contributed by atoms with Crippen molar-refractivity contribution in [2.45, 2.75) is 25.7 Å². The van der Waals surface area contributed by atoms with E-state index in [0.717, 1.165) is 25.7 Å². The molecular formula is C17H16O3. The van der Waals surface area contributed by atoms with Gasteiger partial charge >= 0.3 is 6.16 Å². The van der Waals surface area contributed by atoms with E-state index in [0.29, 0.717) is 11.5 Å². The fourth-order valence-corrected chi connectivity index (χ4v) is 2.32. The lowest BCUT2D eigenvalue weighted by atomic mass is 10.0. The molecular weight excluding hydrogens is 252 g/mol. The van der Waals surface area contributed by atoms with Crippen molar-refractivity contribution in [2.75, 3.05) is 0 Å². The average Bonchev–Trinajstić information content (AvgIpc) is 2.47. The maximum absolute atomic E-state index is 11.7. The van der Waals surface area contributed by atoms with Gasteiger partial charge in [0.1, 0.15) is 11.5 Å². The molecule has 0 aromatic heterocycles. The number of rotatable bonds is 0. The molecule has 0 saturated heterocycles. The average molecular weight is 268 g/mol. The van der Waals surface area contributed by atoms with E-state index in [4.69, 9.17) is 9.47 Å². The third kappa shape index (κ3) is 3.18. The molecule has 0 saturated carbocycles. The molecule has 4 aliphatic rings. The summed E-state index contributed by atoms with van der Waals surface area (Å²) < 4.78 is 10.3. The van der Waals surface area contributed by atoms with Crippen LogP contribution >= 0.6 is 0 Å². The zero-order chi connectivity index (χ0) is 13.8. The number of hydrogen-bond acceptors (Lipinski definition) is 3. The van der Waals surface area contributed by atoms with Gasteiger partial charge in [0.25, 0.3) is 0 Å². The molecule has 20 heavy (non-hydrogen) atoms. The second kappa shape index (κ2) is 5.78. The molecule has 0 fully saturated rings. The van der Waals surface area contributed by atoms with Crippen LogP contribution in [-0.2, 0) is 12.8 Å². The van der Waals surface area contributed by atoms with Gasteiger partial charge in [-0.3, -0.25) is 0 Å². The summed E-state index contributed by atoms with van der Waals surface area (Å²) in [4.78, 5) is 11.7. The van der Waals surface area contributed by atoms with E-state index in [9.17, 15) is 4.79 Å². The largest absolute Gasteiger partial charge is 0.519 e. The first kappa shape index (κ1) is 12.7. The summed E-state index contributed by atoms with van der Waals surface area (Å²) in [5, 5.41) is 0. The number of aryl methyl sites for hydroxylation is 2. The number of carbonyl (C=O) groups is 1. The minimum atomic E-state index is -0.708. The van der Waals surface area contributed by atoms with Crippen LogP contribution in [0.3, 0.4) is 0 Å². The quantitative estimate of drug-likeness (QED) is 0.532. The molecule has 0 unspecified atom stereocenters. The Balaban J connectivity index is 1.84. The molecule has 0 amide bonds. The van der Waals surface area contributed by atoms with Crippen LogP contribution < -0.4 is 9.47 Å². The molecule has 0 N–H and O–H groups in total. The number of benzene rings is 2. The van der Waals surface area contributed by atoms with Crippen LogP contribution in [0.25, 0.3) is 0 Å². The molecule has 6 rings (SSSR count). The van der Waals surface area contributed by atoms with Crippen molar-refractivity contribution in [3.8, 4) is 11.5 Å². The monoisotopic (exact) mass is 268 g/mol. The predicted molar refractivity (Wildman–Crippen MR) is 76.2 cm³/mol. The highest BCUT2D eigenvalue weighted by Gasteiger charge is 2.08. The van der Waals surface area contributed by atoms with Crippen molar-refractivity contribution in [1.82, 2.24) is 0 Å². The molecule has 4 aliphatic heterocycles. The molecule has 2 aromatic rings. The van der Waals surface area contributed by atoms with Crippen LogP contribution in [0.5, 0.6) is 11.5 Å². The lowest BCUT2D eigenvalue weighted by molar-refractivity contribution is 0.152. The zero-order valence-electron chi connectivity index (χ0n) is 11.2. The predicted octanol–water partition coefficient (Wildman–Crippen LogP) is 4.14. The maximum atomic E-state index is 11.7. The van der Waals surface area contributed by atoms with Crippen molar-refractivity contribution in [3.05, 3.63) is 59.7 Å². The Morgan fingerprint density at radius 1 is 0.650 bits per heavy atom. The summed E-state index contributed by atoms with van der Waals surface area (Å²) in [5.74, 6) is 1.01. The third-order valence-corrected chi connectivity index (χ3v) is 3.43. The van der Waals surface area contributed by atoms with Crippen molar-refractivity contribution < 1.29 is 14.3 Å². The highest BCUT2D eigenvalue weighted by atomic mass is 16.7. The summed E-state index contributed by atoms with van der Waals surface area (Å²) >= 11 is 0. The van der Waals surface area contributed by atoms with Gasteiger partial charge in [-0.2, -0.15) is 0 Å². The SMILES string of the molecule is O=C1Oc2ccc(cc2)CCCCc2ccc(cc2)O1. The van der Waals surface area contributed by atoms with Crippen LogP contribution in [0.15, 0.2) is 48.5 Å². The van der Waals surface area contributed by atoms with E-state index in [1.807, 2.05) is 24.3 Å². The number of carbonyl (C=O) groups excluding carboxylic acids is 1. The Morgan fingerprint density at radius 3 is 1.45 bits per heavy atom. The minimum Gasteiger partial charge on any atom is -0.395 e. The molecule has 102 valence electrons. The minimum absolute atomic E-state index is 0.505. The summed E-state index contributed by atoms with van der Waals surface area (Å²) in [6, 6.07) is 15.2. The molecule has 3 nitrogen and oxygen atoms in total. The Hall–Kier alpha value is -2.29. The van der Waals surface area contributed by atoms with E-state index < -0.39 is 6.16 Å². The molecule has 0 atom stereocenters. The van der Waals surface area contributed by atoms with Gasteiger partial charge in [0.05, 0.1) is 0 Å². The van der Waals surface area contributed by atoms with Crippen molar-refractivity contribution in [1.29, 1.82) is 0 Å². The van der Waals surface area contributed by atoms with Gasteiger partial charge in [0.15, 0.2) is 0 Å². The van der Waals surface area contributed by atoms with Crippen LogP contribution in [0, 0.1) is 0 Å². The van der Waals surface area contributed by atoms with E-state index in [2.05, 4.69) is 0 Å². The first-order valence-corrected chi connectivity index (χ1v) is 6.87. The van der Waals surface area contributed by atoms with Gasteiger partial charge in [-0.1, -0.05) is 24.3 Å². The Labute approximate surface area is 118 Å². The Bertz CT molecular complexity index is 531. The maximum Gasteiger partial charge on any atom is 0.519 e. The van der Waals surface area contributed by atoms with Gasteiger partial charge in [-0.25, -0.2) is 4.79 Å². The van der Waals surface area contributed by atoms with Crippen LogP contribution in [0.1, 0.15) is 24.0 Å². The van der Waals surface area contributed by atoms with Crippen molar-refractivity contribution >= 4 is 6.16 Å². The van der Waals surface area contributed by atoms with E-state index >= 15 is 0 Å². The lowest BCUT2D eigenvalue weighted by Crippen LogP contribution is -2.13. The van der Waals surface area contributed by atoms with Gasteiger partial charge < -0.3 is 9.47 Å². The molecule has 4 heterocycles. The van der Waals surface area contributed by atoms with Crippen LogP contribution in [0.2, 0.25) is 0 Å². The van der Waals surface area contributed by atoms with Gasteiger partial charge in [-0.15, -0.1) is 0 Å². The number of ether oxygens (including phenoxy) is 2. The second-order valence-electron chi connectivity index (χ2n) is 4.95. The fourth-order valence-electron chi connectivity index (χ4n) is 2.32. The summed E-state index contributed by atoms with van der Waals surface area (Å²) in [6.07, 6.45) is 3.68. The van der Waals surface area contributed by atoms with Crippen molar-refractivity contribution in [2.24, 2.45) is 0 Å². The van der Waals surface area contributed by atoms with Gasteiger partial charge in [0.2, 0.25) is 0 Å². The topological polar surface area (TPSA) is 35.5 Å². The molecule has 2 aromatic carbocycles. The molecule has 4 bridgehead atoms. The summed E-state index contributed by atoms with van der Waals surface area (Å²) in [6.45, 7) is 0. The van der Waals surface area contributed by atoms with Gasteiger partial charge in [0, 0.05) is 0 Å². The van der Waals surface area contributed by atoms with E-state index in [1.54, 1.807) is 24.3 Å². The summed E-state index contributed by atoms with van der Waals surface area (Å²) in [7, 11) is 0. The normalized spacial score (nSPS) is 15.1. The van der Waals surface area contributed by atoms with E-state index in [-0.39, 0.29) is 0 Å². The number of hydrogen-bond donors (Lipinski definition) is 0. The highest BCUT2D eigenvalue weighted by Crippen LogP contribution is 2.19. The Kier molecular flexibility index (Phi) is 3.68. The van der Waals surface area contributed by atoms with E-state index in [1.165, 1.54) is 11.1 Å². The Morgan fingerprint density at radius 2 is 1.05 bits per heavy atom. The second-order valence-corrected chi connectivity index (χ2v) is 4.95. The van der Waals surface area contributed by atoms with Crippen LogP contribution in [-0.4, -0.2) is 6.16 Å². The molecule has 3 heteroatoms. The highest BCUT2D eigenvalue weighted by molar-refractivity contribution is 5.67. The van der Waals surface area contributed by atoms with Crippen LogP contribution in [0.4, 0.5) is 4.79 Å². The molecule has 0 aliphatic carbocycles. The van der Waals surface area contributed by atoms with Gasteiger partial charge in [-0.05, 0) is 61.1 Å². The molecule has 0 radical (unpaired) electrons. The standard InChI is InChI=1S/C17H16O3/c18-17-19-15-9-5-13(6-10-15)3-1-2-4-14-7-11-16(20-17)12-8-14/h5-12H,1-4H2. The molecule has 0 spiro atoms. The lowest BCUT2D eigenvalue weighted by Gasteiger charge is -2.06. The first-order valence-electron chi connectivity index (χ1n) is 6.87. The smallest absolute Gasteiger partial charge is 0.395 e. The van der Waals surface area contributed by atoms with Crippen molar-refractivity contribution in [3.63, 3.8) is 0 Å².